The minimum Gasteiger partial charge on any atom is -0.486 e. The van der Waals surface area contributed by atoms with E-state index in [9.17, 15) is 9.18 Å². The summed E-state index contributed by atoms with van der Waals surface area (Å²) in [6, 6.07) is 13.6. The minimum atomic E-state index is -0.371. The van der Waals surface area contributed by atoms with E-state index in [1.807, 2.05) is 24.3 Å². The van der Waals surface area contributed by atoms with Gasteiger partial charge in [0.2, 0.25) is 5.91 Å². The van der Waals surface area contributed by atoms with Crippen LogP contribution in [0.1, 0.15) is 5.56 Å². The van der Waals surface area contributed by atoms with Crippen molar-refractivity contribution in [2.75, 3.05) is 13.2 Å². The van der Waals surface area contributed by atoms with Gasteiger partial charge < -0.3 is 14.8 Å². The Kier molecular flexibility index (Phi) is 4.23. The molecule has 5 heteroatoms. The molecule has 0 unspecified atom stereocenters. The molecule has 1 heterocycles. The highest BCUT2D eigenvalue weighted by atomic mass is 19.1. The number of rotatable bonds is 4. The maximum atomic E-state index is 13.5. The Bertz CT molecular complexity index is 674. The zero-order valence-electron chi connectivity index (χ0n) is 11.9. The van der Waals surface area contributed by atoms with Crippen LogP contribution >= 0.6 is 0 Å². The fraction of sp³-hybridized carbons (Fsp3) is 0.235. The Morgan fingerprint density at radius 3 is 2.68 bits per heavy atom. The molecule has 1 amide bonds. The van der Waals surface area contributed by atoms with E-state index in [2.05, 4.69) is 5.32 Å². The third-order valence-electron chi connectivity index (χ3n) is 3.40. The number of hydrogen-bond donors (Lipinski definition) is 1. The maximum absolute atomic E-state index is 13.5. The van der Waals surface area contributed by atoms with E-state index in [4.69, 9.17) is 9.47 Å². The molecule has 0 aromatic heterocycles. The number of benzene rings is 2. The van der Waals surface area contributed by atoms with Crippen molar-refractivity contribution < 1.29 is 18.7 Å². The molecule has 0 radical (unpaired) electrons. The predicted molar refractivity (Wildman–Crippen MR) is 79.5 cm³/mol. The number of nitrogens with one attached hydrogen (secondary N) is 1. The van der Waals surface area contributed by atoms with Gasteiger partial charge in [0.1, 0.15) is 18.5 Å². The molecule has 2 aromatic carbocycles. The van der Waals surface area contributed by atoms with E-state index in [0.717, 1.165) is 0 Å². The standard InChI is InChI=1S/C17H16FNO3/c18-14-6-2-1-5-12(14)9-17(20)19-10-13-11-21-15-7-3-4-8-16(15)22-13/h1-8,13H,9-11H2,(H,19,20)/t13-/m1/s1. The molecule has 0 fully saturated rings. The van der Waals surface area contributed by atoms with Gasteiger partial charge in [0.25, 0.3) is 0 Å². The third kappa shape index (κ3) is 3.36. The molecule has 1 aliphatic heterocycles. The average Bonchev–Trinajstić information content (AvgIpc) is 2.55. The Morgan fingerprint density at radius 1 is 1.14 bits per heavy atom. The number of carbonyl (C=O) groups is 1. The summed E-state index contributed by atoms with van der Waals surface area (Å²) in [6.07, 6.45) is -0.240. The Balaban J connectivity index is 1.51. The third-order valence-corrected chi connectivity index (χ3v) is 3.40. The van der Waals surface area contributed by atoms with Crippen molar-refractivity contribution in [3.63, 3.8) is 0 Å². The van der Waals surface area contributed by atoms with Gasteiger partial charge >= 0.3 is 0 Å². The summed E-state index contributed by atoms with van der Waals surface area (Å²) in [7, 11) is 0. The van der Waals surface area contributed by atoms with E-state index in [0.29, 0.717) is 30.2 Å². The van der Waals surface area contributed by atoms with Crippen LogP contribution in [0.3, 0.4) is 0 Å². The fourth-order valence-electron chi connectivity index (χ4n) is 2.27. The van der Waals surface area contributed by atoms with Crippen LogP contribution in [0.4, 0.5) is 4.39 Å². The van der Waals surface area contributed by atoms with Crippen LogP contribution in [0, 0.1) is 5.82 Å². The Labute approximate surface area is 127 Å². The molecular formula is C17H16FNO3. The normalized spacial score (nSPS) is 16.1. The highest BCUT2D eigenvalue weighted by Gasteiger charge is 2.21. The van der Waals surface area contributed by atoms with Crippen molar-refractivity contribution >= 4 is 5.91 Å². The summed E-state index contributed by atoms with van der Waals surface area (Å²) in [5, 5.41) is 2.75. The molecule has 1 aliphatic rings. The summed E-state index contributed by atoms with van der Waals surface area (Å²) >= 11 is 0. The van der Waals surface area contributed by atoms with Crippen molar-refractivity contribution in [3.05, 3.63) is 59.9 Å². The van der Waals surface area contributed by atoms with Crippen molar-refractivity contribution in [2.45, 2.75) is 12.5 Å². The van der Waals surface area contributed by atoms with Crippen molar-refractivity contribution in [3.8, 4) is 11.5 Å². The molecule has 22 heavy (non-hydrogen) atoms. The molecule has 0 saturated heterocycles. The SMILES string of the molecule is O=C(Cc1ccccc1F)NC[C@@H]1COc2ccccc2O1. The fourth-order valence-corrected chi connectivity index (χ4v) is 2.27. The van der Waals surface area contributed by atoms with E-state index in [-0.39, 0.29) is 24.2 Å². The van der Waals surface area contributed by atoms with Gasteiger partial charge in [-0.3, -0.25) is 4.79 Å². The lowest BCUT2D eigenvalue weighted by atomic mass is 10.1. The molecule has 1 atom stereocenters. The number of fused-ring (bicyclic) bond motifs is 1. The second-order valence-electron chi connectivity index (χ2n) is 5.07. The van der Waals surface area contributed by atoms with E-state index >= 15 is 0 Å². The second kappa shape index (κ2) is 6.47. The highest BCUT2D eigenvalue weighted by Crippen LogP contribution is 2.30. The van der Waals surface area contributed by atoms with Crippen molar-refractivity contribution in [1.82, 2.24) is 5.32 Å². The summed E-state index contributed by atoms with van der Waals surface area (Å²) < 4.78 is 24.8. The van der Waals surface area contributed by atoms with Gasteiger partial charge in [0, 0.05) is 0 Å². The maximum Gasteiger partial charge on any atom is 0.224 e. The van der Waals surface area contributed by atoms with Gasteiger partial charge in [-0.2, -0.15) is 0 Å². The number of para-hydroxylation sites is 2. The zero-order valence-corrected chi connectivity index (χ0v) is 11.9. The summed E-state index contributed by atoms with van der Waals surface area (Å²) in [4.78, 5) is 11.9. The topological polar surface area (TPSA) is 47.6 Å². The molecule has 4 nitrogen and oxygen atoms in total. The van der Waals surface area contributed by atoms with Crippen LogP contribution in [0.5, 0.6) is 11.5 Å². The number of carbonyl (C=O) groups excluding carboxylic acids is 1. The van der Waals surface area contributed by atoms with Crippen LogP contribution in [0.15, 0.2) is 48.5 Å². The van der Waals surface area contributed by atoms with Gasteiger partial charge in [-0.25, -0.2) is 4.39 Å². The first-order valence-corrected chi connectivity index (χ1v) is 7.11. The Hall–Kier alpha value is -2.56. The Morgan fingerprint density at radius 2 is 1.86 bits per heavy atom. The summed E-state index contributed by atoms with van der Waals surface area (Å²) in [5.74, 6) is 0.759. The van der Waals surface area contributed by atoms with E-state index < -0.39 is 0 Å². The molecule has 114 valence electrons. The second-order valence-corrected chi connectivity index (χ2v) is 5.07. The first-order chi connectivity index (χ1) is 10.7. The lowest BCUT2D eigenvalue weighted by molar-refractivity contribution is -0.121. The molecule has 0 bridgehead atoms. The summed E-state index contributed by atoms with van der Waals surface area (Å²) in [5.41, 5.74) is 0.381. The number of hydrogen-bond acceptors (Lipinski definition) is 3. The molecule has 0 saturated carbocycles. The predicted octanol–water partition coefficient (Wildman–Crippen LogP) is 2.32. The van der Waals surface area contributed by atoms with Gasteiger partial charge in [-0.05, 0) is 23.8 Å². The minimum absolute atomic E-state index is 0.0108. The zero-order chi connectivity index (χ0) is 15.4. The first kappa shape index (κ1) is 14.4. The van der Waals surface area contributed by atoms with Gasteiger partial charge in [-0.15, -0.1) is 0 Å². The van der Waals surface area contributed by atoms with Gasteiger partial charge in [-0.1, -0.05) is 30.3 Å². The van der Waals surface area contributed by atoms with Gasteiger partial charge in [0.05, 0.1) is 13.0 Å². The number of halogens is 1. The van der Waals surface area contributed by atoms with Crippen LogP contribution in [-0.4, -0.2) is 25.2 Å². The first-order valence-electron chi connectivity index (χ1n) is 7.11. The quantitative estimate of drug-likeness (QED) is 0.943. The number of amides is 1. The lowest BCUT2D eigenvalue weighted by Crippen LogP contribution is -2.41. The van der Waals surface area contributed by atoms with Crippen LogP contribution in [0.25, 0.3) is 0 Å². The van der Waals surface area contributed by atoms with Crippen molar-refractivity contribution in [2.24, 2.45) is 0 Å². The van der Waals surface area contributed by atoms with Crippen LogP contribution in [0.2, 0.25) is 0 Å². The summed E-state index contributed by atoms with van der Waals surface area (Å²) in [6.45, 7) is 0.693. The average molecular weight is 301 g/mol. The smallest absolute Gasteiger partial charge is 0.224 e. The van der Waals surface area contributed by atoms with Gasteiger partial charge in [0.15, 0.2) is 11.5 Å². The van der Waals surface area contributed by atoms with E-state index in [1.165, 1.54) is 6.07 Å². The molecule has 0 spiro atoms. The molecule has 3 rings (SSSR count). The molecular weight excluding hydrogens is 285 g/mol. The monoisotopic (exact) mass is 301 g/mol. The molecule has 0 aliphatic carbocycles. The lowest BCUT2D eigenvalue weighted by Gasteiger charge is -2.26. The molecule has 1 N–H and O–H groups in total. The number of ether oxygens (including phenoxy) is 2. The largest absolute Gasteiger partial charge is 0.486 e. The van der Waals surface area contributed by atoms with Crippen molar-refractivity contribution in [1.29, 1.82) is 0 Å². The van der Waals surface area contributed by atoms with E-state index in [1.54, 1.807) is 18.2 Å². The van der Waals surface area contributed by atoms with Crippen LogP contribution in [-0.2, 0) is 11.2 Å². The van der Waals surface area contributed by atoms with Crippen LogP contribution < -0.4 is 14.8 Å². The molecule has 2 aromatic rings. The highest BCUT2D eigenvalue weighted by molar-refractivity contribution is 5.78.